The van der Waals surface area contributed by atoms with Gasteiger partial charge in [0.2, 0.25) is 5.91 Å². The molecule has 3 N–H and O–H groups in total. The normalized spacial score (nSPS) is 17.4. The number of benzene rings is 1. The lowest BCUT2D eigenvalue weighted by atomic mass is 10.2. The van der Waals surface area contributed by atoms with Gasteiger partial charge in [0.25, 0.3) is 0 Å². The number of halogens is 1. The van der Waals surface area contributed by atoms with E-state index in [0.29, 0.717) is 24.5 Å². The van der Waals surface area contributed by atoms with Gasteiger partial charge in [0.05, 0.1) is 12.8 Å². The number of carbonyl (C=O) groups excluding carboxylic acids is 1. The molecule has 0 saturated carbocycles. The number of amides is 1. The van der Waals surface area contributed by atoms with Crippen molar-refractivity contribution in [2.75, 3.05) is 29.6 Å². The van der Waals surface area contributed by atoms with Crippen LogP contribution in [0.5, 0.6) is 5.75 Å². The first kappa shape index (κ1) is 15.4. The fourth-order valence-electron chi connectivity index (χ4n) is 2.55. The van der Waals surface area contributed by atoms with Gasteiger partial charge >= 0.3 is 0 Å². The largest absolute Gasteiger partial charge is 0.495 e. The Hall–Kier alpha value is -2.54. The highest BCUT2D eigenvalue weighted by Crippen LogP contribution is 2.32. The number of carbonyl (C=O) groups is 1. The summed E-state index contributed by atoms with van der Waals surface area (Å²) in [6.45, 7) is 0.578. The van der Waals surface area contributed by atoms with Crippen LogP contribution in [0.4, 0.5) is 17.3 Å². The average Bonchev–Trinajstić information content (AvgIpc) is 2.92. The molecule has 1 aliphatic rings. The molecule has 1 aromatic heterocycles. The molecule has 1 aliphatic heterocycles. The fraction of sp³-hybridized carbons (Fsp3) is 0.267. The average molecular weight is 334 g/mol. The number of nitrogens with zero attached hydrogens (tertiary/aromatic N) is 3. The quantitative estimate of drug-likeness (QED) is 0.888. The topological polar surface area (TPSA) is 93.4 Å². The standard InChI is InChI=1S/C15H16ClN5O2/c1-23-11-5-3-2-4-10(11)21-7-6-9(15(21)22)20-14-12(16)13(17)18-8-19-14/h2-5,8-9H,6-7H2,1H3,(H3,17,18,19,20). The lowest BCUT2D eigenvalue weighted by molar-refractivity contribution is -0.117. The minimum absolute atomic E-state index is 0.0669. The summed E-state index contributed by atoms with van der Waals surface area (Å²) in [5.74, 6) is 1.13. The Morgan fingerprint density at radius 2 is 2.17 bits per heavy atom. The Labute approximate surface area is 138 Å². The molecule has 0 radical (unpaired) electrons. The maximum absolute atomic E-state index is 12.7. The molecule has 0 bridgehead atoms. The number of hydrogen-bond donors (Lipinski definition) is 2. The molecule has 0 aliphatic carbocycles. The van der Waals surface area contributed by atoms with Crippen LogP contribution >= 0.6 is 11.6 Å². The summed E-state index contributed by atoms with van der Waals surface area (Å²) in [5, 5.41) is 3.26. The van der Waals surface area contributed by atoms with Crippen molar-refractivity contribution in [3.63, 3.8) is 0 Å². The Balaban J connectivity index is 1.80. The fourth-order valence-corrected chi connectivity index (χ4v) is 2.71. The first-order valence-electron chi connectivity index (χ1n) is 7.08. The molecule has 1 atom stereocenters. The minimum Gasteiger partial charge on any atom is -0.495 e. The highest BCUT2D eigenvalue weighted by atomic mass is 35.5. The monoisotopic (exact) mass is 333 g/mol. The van der Waals surface area contributed by atoms with Crippen molar-refractivity contribution in [2.45, 2.75) is 12.5 Å². The summed E-state index contributed by atoms with van der Waals surface area (Å²) in [7, 11) is 1.58. The second kappa shape index (κ2) is 6.29. The van der Waals surface area contributed by atoms with Gasteiger partial charge < -0.3 is 20.7 Å². The SMILES string of the molecule is COc1ccccc1N1CCC(Nc2ncnc(N)c2Cl)C1=O. The van der Waals surface area contributed by atoms with Crippen LogP contribution in [0.1, 0.15) is 6.42 Å². The van der Waals surface area contributed by atoms with Gasteiger partial charge in [0.1, 0.15) is 29.0 Å². The third-order valence-electron chi connectivity index (χ3n) is 3.71. The zero-order valence-corrected chi connectivity index (χ0v) is 13.2. The molecular weight excluding hydrogens is 318 g/mol. The smallest absolute Gasteiger partial charge is 0.249 e. The highest BCUT2D eigenvalue weighted by Gasteiger charge is 2.34. The number of nitrogens with one attached hydrogen (secondary N) is 1. The van der Waals surface area contributed by atoms with Crippen LogP contribution in [0.15, 0.2) is 30.6 Å². The van der Waals surface area contributed by atoms with Crippen LogP contribution in [0.2, 0.25) is 5.02 Å². The maximum Gasteiger partial charge on any atom is 0.249 e. The Morgan fingerprint density at radius 1 is 1.39 bits per heavy atom. The van der Waals surface area contributed by atoms with Crippen LogP contribution in [-0.4, -0.2) is 35.6 Å². The van der Waals surface area contributed by atoms with Crippen LogP contribution in [0.3, 0.4) is 0 Å². The van der Waals surface area contributed by atoms with Gasteiger partial charge in [-0.2, -0.15) is 0 Å². The van der Waals surface area contributed by atoms with Crippen molar-refractivity contribution in [3.8, 4) is 5.75 Å². The first-order valence-corrected chi connectivity index (χ1v) is 7.46. The number of rotatable bonds is 4. The number of methoxy groups -OCH3 is 1. The summed E-state index contributed by atoms with van der Waals surface area (Å²) in [6, 6.07) is 6.99. The van der Waals surface area contributed by atoms with Gasteiger partial charge in [-0.1, -0.05) is 23.7 Å². The van der Waals surface area contributed by atoms with E-state index in [4.69, 9.17) is 22.1 Å². The Morgan fingerprint density at radius 3 is 2.96 bits per heavy atom. The Kier molecular flexibility index (Phi) is 4.20. The number of nitrogen functional groups attached to an aromatic ring is 1. The zero-order chi connectivity index (χ0) is 16.4. The van der Waals surface area contributed by atoms with E-state index in [2.05, 4.69) is 15.3 Å². The second-order valence-corrected chi connectivity index (χ2v) is 5.45. The van der Waals surface area contributed by atoms with Crippen molar-refractivity contribution in [2.24, 2.45) is 0 Å². The van der Waals surface area contributed by atoms with E-state index in [1.165, 1.54) is 6.33 Å². The number of ether oxygens (including phenoxy) is 1. The molecule has 2 aromatic rings. The first-order chi connectivity index (χ1) is 11.1. The van der Waals surface area contributed by atoms with Gasteiger partial charge in [-0.05, 0) is 18.6 Å². The van der Waals surface area contributed by atoms with E-state index in [1.807, 2.05) is 24.3 Å². The van der Waals surface area contributed by atoms with Crippen molar-refractivity contribution in [1.29, 1.82) is 0 Å². The van der Waals surface area contributed by atoms with Gasteiger partial charge in [-0.15, -0.1) is 0 Å². The number of nitrogens with two attached hydrogens (primary N) is 1. The summed E-state index contributed by atoms with van der Waals surface area (Å²) in [5.41, 5.74) is 6.40. The number of anilines is 3. The summed E-state index contributed by atoms with van der Waals surface area (Å²) >= 11 is 6.06. The predicted molar refractivity (Wildman–Crippen MR) is 88.8 cm³/mol. The molecule has 1 unspecified atom stereocenters. The van der Waals surface area contributed by atoms with Crippen molar-refractivity contribution in [1.82, 2.24) is 9.97 Å². The summed E-state index contributed by atoms with van der Waals surface area (Å²) in [4.78, 5) is 22.2. The third kappa shape index (κ3) is 2.87. The molecule has 3 rings (SSSR count). The summed E-state index contributed by atoms with van der Waals surface area (Å²) in [6.07, 6.45) is 1.93. The van der Waals surface area contributed by atoms with E-state index in [0.717, 1.165) is 5.69 Å². The van der Waals surface area contributed by atoms with Crippen LogP contribution in [0, 0.1) is 0 Å². The lowest BCUT2D eigenvalue weighted by Gasteiger charge is -2.20. The molecule has 0 spiro atoms. The van der Waals surface area contributed by atoms with Crippen LogP contribution in [-0.2, 0) is 4.79 Å². The van der Waals surface area contributed by atoms with E-state index in [1.54, 1.807) is 12.0 Å². The van der Waals surface area contributed by atoms with Crippen molar-refractivity contribution < 1.29 is 9.53 Å². The van der Waals surface area contributed by atoms with E-state index in [9.17, 15) is 4.79 Å². The van der Waals surface area contributed by atoms with E-state index >= 15 is 0 Å². The Bertz CT molecular complexity index is 740. The zero-order valence-electron chi connectivity index (χ0n) is 12.5. The van der Waals surface area contributed by atoms with E-state index in [-0.39, 0.29) is 16.7 Å². The third-order valence-corrected chi connectivity index (χ3v) is 4.08. The minimum atomic E-state index is -0.424. The van der Waals surface area contributed by atoms with Crippen LogP contribution < -0.4 is 20.7 Å². The highest BCUT2D eigenvalue weighted by molar-refractivity contribution is 6.35. The predicted octanol–water partition coefficient (Wildman–Crippen LogP) is 1.94. The maximum atomic E-state index is 12.7. The van der Waals surface area contributed by atoms with Crippen molar-refractivity contribution in [3.05, 3.63) is 35.6 Å². The molecule has 1 aromatic carbocycles. The van der Waals surface area contributed by atoms with Crippen LogP contribution in [0.25, 0.3) is 0 Å². The molecule has 2 heterocycles. The molecule has 120 valence electrons. The number of hydrogen-bond acceptors (Lipinski definition) is 6. The molecule has 1 saturated heterocycles. The summed E-state index contributed by atoms with van der Waals surface area (Å²) < 4.78 is 5.32. The second-order valence-electron chi connectivity index (χ2n) is 5.07. The van der Waals surface area contributed by atoms with Gasteiger partial charge in [-0.3, -0.25) is 4.79 Å². The number of aromatic nitrogens is 2. The van der Waals surface area contributed by atoms with Gasteiger partial charge in [0.15, 0.2) is 5.82 Å². The van der Waals surface area contributed by atoms with Gasteiger partial charge in [0, 0.05) is 6.54 Å². The van der Waals surface area contributed by atoms with Crippen molar-refractivity contribution >= 4 is 34.8 Å². The molecule has 23 heavy (non-hydrogen) atoms. The lowest BCUT2D eigenvalue weighted by Crippen LogP contribution is -2.34. The van der Waals surface area contributed by atoms with E-state index < -0.39 is 6.04 Å². The number of para-hydroxylation sites is 2. The molecule has 1 fully saturated rings. The molecular formula is C15H16ClN5O2. The molecule has 8 heteroatoms. The molecule has 1 amide bonds. The molecule has 7 nitrogen and oxygen atoms in total. The van der Waals surface area contributed by atoms with Gasteiger partial charge in [-0.25, -0.2) is 9.97 Å².